The van der Waals surface area contributed by atoms with E-state index in [1.54, 1.807) is 4.90 Å². The predicted molar refractivity (Wildman–Crippen MR) is 96.4 cm³/mol. The zero-order valence-electron chi connectivity index (χ0n) is 14.6. The number of hydrogen-bond donors (Lipinski definition) is 2. The second-order valence-electron chi connectivity index (χ2n) is 5.21. The van der Waals surface area contributed by atoms with Crippen molar-refractivity contribution in [1.29, 1.82) is 0 Å². The van der Waals surface area contributed by atoms with Gasteiger partial charge in [-0.05, 0) is 26.0 Å². The van der Waals surface area contributed by atoms with Gasteiger partial charge in [0.15, 0.2) is 0 Å². The number of anilines is 2. The lowest BCUT2D eigenvalue weighted by atomic mass is 10.2. The molecule has 2 N–H and O–H groups in total. The van der Waals surface area contributed by atoms with Gasteiger partial charge >= 0.3 is 5.69 Å². The maximum Gasteiger partial charge on any atom is 0.355 e. The molecule has 1 amide bonds. The highest BCUT2D eigenvalue weighted by molar-refractivity contribution is 5.95. The van der Waals surface area contributed by atoms with Crippen LogP contribution in [0.3, 0.4) is 0 Å². The summed E-state index contributed by atoms with van der Waals surface area (Å²) in [6.45, 7) is 4.67. The van der Waals surface area contributed by atoms with E-state index in [9.17, 15) is 25.0 Å². The van der Waals surface area contributed by atoms with Gasteiger partial charge in [-0.2, -0.15) is 0 Å². The van der Waals surface area contributed by atoms with Crippen LogP contribution in [0.1, 0.15) is 24.2 Å². The molecule has 1 heterocycles. The van der Waals surface area contributed by atoms with Gasteiger partial charge in [0, 0.05) is 30.8 Å². The van der Waals surface area contributed by atoms with Crippen LogP contribution < -0.4 is 15.8 Å². The number of hydrogen-bond acceptors (Lipinski definition) is 9. The van der Waals surface area contributed by atoms with Gasteiger partial charge in [-0.1, -0.05) is 0 Å². The highest BCUT2D eigenvalue weighted by Crippen LogP contribution is 2.31. The molecule has 1 aromatic heterocycles. The number of amides is 1. The van der Waals surface area contributed by atoms with E-state index in [-0.39, 0.29) is 28.6 Å². The van der Waals surface area contributed by atoms with Crippen molar-refractivity contribution in [2.75, 3.05) is 23.4 Å². The molecule has 2 rings (SSSR count). The van der Waals surface area contributed by atoms with E-state index in [0.29, 0.717) is 13.1 Å². The highest BCUT2D eigenvalue weighted by atomic mass is 16.6. The summed E-state index contributed by atoms with van der Waals surface area (Å²) < 4.78 is 0. The Labute approximate surface area is 153 Å². The molecule has 0 atom stereocenters. The Morgan fingerprint density at radius 2 is 1.70 bits per heavy atom. The smallest absolute Gasteiger partial charge is 0.351 e. The third-order valence-electron chi connectivity index (χ3n) is 3.68. The normalized spacial score (nSPS) is 10.1. The summed E-state index contributed by atoms with van der Waals surface area (Å²) in [7, 11) is 0. The summed E-state index contributed by atoms with van der Waals surface area (Å²) in [4.78, 5) is 42.5. The summed E-state index contributed by atoms with van der Waals surface area (Å²) in [6.07, 6.45) is 1.15. The Bertz CT molecular complexity index is 852. The van der Waals surface area contributed by atoms with Gasteiger partial charge in [-0.15, -0.1) is 0 Å². The number of rotatable bonds is 8. The van der Waals surface area contributed by atoms with E-state index in [1.807, 2.05) is 13.8 Å². The lowest BCUT2D eigenvalue weighted by Gasteiger charge is -2.20. The largest absolute Gasteiger partial charge is 0.355 e. The molecule has 27 heavy (non-hydrogen) atoms. The van der Waals surface area contributed by atoms with Crippen LogP contribution in [0.5, 0.6) is 0 Å². The molecule has 0 bridgehead atoms. The molecule has 1 aromatic carbocycles. The molecular formula is C15H17N7O5. The van der Waals surface area contributed by atoms with Crippen LogP contribution in [0.15, 0.2) is 30.6 Å². The standard InChI is InChI=1S/C15H17N7O5/c1-3-20(4-2)14-12(22(26)27)13(16-9-17-14)18-19-15(23)10-5-7-11(8-6-10)21(24)25/h5-9H,3-4H2,1-2H3,(H,19,23)(H,16,17,18). The first-order valence-electron chi connectivity index (χ1n) is 7.94. The number of non-ortho nitro benzene ring substituents is 1. The Kier molecular flexibility index (Phi) is 6.14. The minimum absolute atomic E-state index is 0.132. The van der Waals surface area contributed by atoms with Crippen LogP contribution in [-0.2, 0) is 0 Å². The van der Waals surface area contributed by atoms with Crippen LogP contribution in [-0.4, -0.2) is 38.8 Å². The van der Waals surface area contributed by atoms with Crippen LogP contribution in [0.25, 0.3) is 0 Å². The summed E-state index contributed by atoms with van der Waals surface area (Å²) in [6, 6.07) is 4.90. The van der Waals surface area contributed by atoms with E-state index >= 15 is 0 Å². The zero-order valence-corrected chi connectivity index (χ0v) is 14.6. The van der Waals surface area contributed by atoms with Gasteiger partial charge in [-0.25, -0.2) is 9.97 Å². The van der Waals surface area contributed by atoms with Crippen LogP contribution >= 0.6 is 0 Å². The molecule has 0 fully saturated rings. The molecule has 0 aliphatic heterocycles. The molecular weight excluding hydrogens is 358 g/mol. The van der Waals surface area contributed by atoms with Crippen molar-refractivity contribution < 1.29 is 14.6 Å². The number of hydrazine groups is 1. The fourth-order valence-electron chi connectivity index (χ4n) is 2.31. The molecule has 0 radical (unpaired) electrons. The predicted octanol–water partition coefficient (Wildman–Crippen LogP) is 1.90. The fourth-order valence-corrected chi connectivity index (χ4v) is 2.31. The topological polar surface area (TPSA) is 156 Å². The van der Waals surface area contributed by atoms with Gasteiger partial charge in [0.1, 0.15) is 6.33 Å². The number of nitrogens with zero attached hydrogens (tertiary/aromatic N) is 5. The van der Waals surface area contributed by atoms with Crippen molar-refractivity contribution in [3.05, 3.63) is 56.4 Å². The quantitative estimate of drug-likeness (QED) is 0.519. The molecule has 142 valence electrons. The molecule has 2 aromatic rings. The molecule has 0 aliphatic carbocycles. The first kappa shape index (κ1) is 19.5. The molecule has 0 unspecified atom stereocenters. The zero-order chi connectivity index (χ0) is 20.0. The van der Waals surface area contributed by atoms with Crippen LogP contribution in [0.4, 0.5) is 23.0 Å². The Morgan fingerprint density at radius 1 is 1.07 bits per heavy atom. The molecule has 12 heteroatoms. The molecule has 12 nitrogen and oxygen atoms in total. The number of aromatic nitrogens is 2. The number of nitro benzene ring substituents is 1. The van der Waals surface area contributed by atoms with Crippen molar-refractivity contribution in [3.63, 3.8) is 0 Å². The van der Waals surface area contributed by atoms with Crippen molar-refractivity contribution in [2.24, 2.45) is 0 Å². The minimum atomic E-state index is -0.637. The number of carbonyl (C=O) groups excluding carboxylic acids is 1. The monoisotopic (exact) mass is 375 g/mol. The van der Waals surface area contributed by atoms with Crippen LogP contribution in [0.2, 0.25) is 0 Å². The van der Waals surface area contributed by atoms with E-state index in [2.05, 4.69) is 20.8 Å². The van der Waals surface area contributed by atoms with Gasteiger partial charge < -0.3 is 4.90 Å². The summed E-state index contributed by atoms with van der Waals surface area (Å²) in [5, 5.41) is 22.1. The summed E-state index contributed by atoms with van der Waals surface area (Å²) in [5.41, 5.74) is 4.32. The molecule has 0 saturated heterocycles. The second-order valence-corrected chi connectivity index (χ2v) is 5.21. The maximum absolute atomic E-state index is 12.1. The summed E-state index contributed by atoms with van der Waals surface area (Å²) in [5.74, 6) is -0.679. The third-order valence-corrected chi connectivity index (χ3v) is 3.68. The maximum atomic E-state index is 12.1. The lowest BCUT2D eigenvalue weighted by Crippen LogP contribution is -2.31. The highest BCUT2D eigenvalue weighted by Gasteiger charge is 2.26. The van der Waals surface area contributed by atoms with Gasteiger partial charge in [0.25, 0.3) is 11.6 Å². The molecule has 0 aliphatic rings. The number of nitro groups is 2. The SMILES string of the molecule is CCN(CC)c1ncnc(NNC(=O)c2ccc([N+](=O)[O-])cc2)c1[N+](=O)[O-]. The van der Waals surface area contributed by atoms with Gasteiger partial charge in [0.2, 0.25) is 11.6 Å². The Hall–Kier alpha value is -3.83. The first-order chi connectivity index (χ1) is 12.9. The van der Waals surface area contributed by atoms with Gasteiger partial charge in [-0.3, -0.25) is 35.9 Å². The average Bonchev–Trinajstić information content (AvgIpc) is 2.67. The van der Waals surface area contributed by atoms with E-state index in [1.165, 1.54) is 24.3 Å². The Morgan fingerprint density at radius 3 is 2.22 bits per heavy atom. The molecule has 0 spiro atoms. The Balaban J connectivity index is 2.21. The van der Waals surface area contributed by atoms with Crippen molar-refractivity contribution in [1.82, 2.24) is 15.4 Å². The lowest BCUT2D eigenvalue weighted by molar-refractivity contribution is -0.384. The van der Waals surface area contributed by atoms with Crippen LogP contribution in [0, 0.1) is 20.2 Å². The third kappa shape index (κ3) is 4.42. The van der Waals surface area contributed by atoms with Crippen molar-refractivity contribution in [2.45, 2.75) is 13.8 Å². The van der Waals surface area contributed by atoms with Crippen molar-refractivity contribution >= 4 is 28.9 Å². The number of benzene rings is 1. The average molecular weight is 375 g/mol. The van der Waals surface area contributed by atoms with E-state index < -0.39 is 15.8 Å². The second kappa shape index (κ2) is 8.51. The number of carbonyl (C=O) groups is 1. The van der Waals surface area contributed by atoms with Gasteiger partial charge in [0.05, 0.1) is 9.85 Å². The first-order valence-corrected chi connectivity index (χ1v) is 7.94. The fraction of sp³-hybridized carbons (Fsp3) is 0.267. The van der Waals surface area contributed by atoms with Crippen molar-refractivity contribution in [3.8, 4) is 0 Å². The minimum Gasteiger partial charge on any atom is -0.351 e. The van der Waals surface area contributed by atoms with E-state index in [0.717, 1.165) is 6.33 Å². The van der Waals surface area contributed by atoms with E-state index in [4.69, 9.17) is 0 Å². The summed E-state index contributed by atoms with van der Waals surface area (Å²) >= 11 is 0. The molecule has 0 saturated carbocycles. The number of nitrogens with one attached hydrogen (secondary N) is 2.